The first-order chi connectivity index (χ1) is 11.2. The van der Waals surface area contributed by atoms with Gasteiger partial charge < -0.3 is 21.3 Å². The Bertz CT molecular complexity index is 719. The smallest absolute Gasteiger partial charge is 0.304 e. The van der Waals surface area contributed by atoms with Crippen molar-refractivity contribution in [2.45, 2.75) is 17.7 Å². The van der Waals surface area contributed by atoms with Crippen LogP contribution in [0.1, 0.15) is 12.0 Å². The highest BCUT2D eigenvalue weighted by Crippen LogP contribution is 2.29. The topological polar surface area (TPSA) is 173 Å². The van der Waals surface area contributed by atoms with Crippen molar-refractivity contribution in [1.82, 2.24) is 5.32 Å². The van der Waals surface area contributed by atoms with E-state index in [2.05, 4.69) is 5.32 Å². The molecule has 1 aromatic rings. The summed E-state index contributed by atoms with van der Waals surface area (Å²) in [4.78, 5) is 20.5. The van der Waals surface area contributed by atoms with Gasteiger partial charge in [-0.25, -0.2) is 8.42 Å². The average molecular weight is 361 g/mol. The van der Waals surface area contributed by atoms with Crippen molar-refractivity contribution < 1.29 is 28.3 Å². The fourth-order valence-corrected chi connectivity index (χ4v) is 3.61. The third-order valence-corrected chi connectivity index (χ3v) is 4.98. The summed E-state index contributed by atoms with van der Waals surface area (Å²) in [5, 5.41) is 31.1. The predicted octanol–water partition coefficient (Wildman–Crippen LogP) is -0.450. The first-order valence-electron chi connectivity index (χ1n) is 7.02. The molecule has 0 aromatic heterocycles. The number of aliphatic carboxylic acids is 1. The molecule has 5 N–H and O–H groups in total. The van der Waals surface area contributed by atoms with Crippen LogP contribution >= 0.6 is 0 Å². The van der Waals surface area contributed by atoms with Crippen LogP contribution in [-0.2, 0) is 21.1 Å². The minimum absolute atomic E-state index is 0.0519. The Hall–Kier alpha value is -2.24. The van der Waals surface area contributed by atoms with E-state index < -0.39 is 38.6 Å². The molecule has 0 amide bonds. The summed E-state index contributed by atoms with van der Waals surface area (Å²) in [5.41, 5.74) is 5.43. The van der Waals surface area contributed by atoms with Crippen LogP contribution < -0.4 is 11.1 Å². The molecule has 24 heavy (non-hydrogen) atoms. The van der Waals surface area contributed by atoms with Crippen molar-refractivity contribution >= 4 is 27.2 Å². The number of sulfone groups is 1. The molecular weight excluding hydrogens is 342 g/mol. The van der Waals surface area contributed by atoms with Crippen LogP contribution in [0, 0.1) is 10.1 Å². The number of non-ortho nitro benzene ring substituents is 1. The second-order valence-electron chi connectivity index (χ2n) is 4.96. The number of nitro groups is 1. The van der Waals surface area contributed by atoms with Crippen molar-refractivity contribution in [1.29, 1.82) is 0 Å². The van der Waals surface area contributed by atoms with Gasteiger partial charge in [-0.3, -0.25) is 14.9 Å². The lowest BCUT2D eigenvalue weighted by Gasteiger charge is -2.13. The van der Waals surface area contributed by atoms with Gasteiger partial charge in [0.2, 0.25) is 0 Å². The van der Waals surface area contributed by atoms with Gasteiger partial charge in [0, 0.05) is 24.4 Å². The van der Waals surface area contributed by atoms with Gasteiger partial charge in [-0.15, -0.1) is 0 Å². The van der Waals surface area contributed by atoms with Gasteiger partial charge in [0.1, 0.15) is 0 Å². The number of hydrogen-bond donors (Lipinski definition) is 4. The molecule has 0 atom stereocenters. The number of carboxylic acid groups (broad SMARTS) is 1. The Morgan fingerprint density at radius 1 is 1.33 bits per heavy atom. The largest absolute Gasteiger partial charge is 0.481 e. The van der Waals surface area contributed by atoms with Gasteiger partial charge in [-0.2, -0.15) is 0 Å². The molecule has 0 radical (unpaired) electrons. The SMILES string of the molecule is Nc1cc([N+](=O)[O-])cc(S(=O)(=O)CCC(=O)O)c1CCNCCO. The molecule has 11 heteroatoms. The lowest BCUT2D eigenvalue weighted by molar-refractivity contribution is -0.385. The van der Waals surface area contributed by atoms with Crippen LogP contribution in [-0.4, -0.2) is 55.0 Å². The second-order valence-corrected chi connectivity index (χ2v) is 7.03. The van der Waals surface area contributed by atoms with Gasteiger partial charge >= 0.3 is 5.97 Å². The molecule has 0 aliphatic carbocycles. The van der Waals surface area contributed by atoms with E-state index in [9.17, 15) is 23.3 Å². The molecule has 0 saturated heterocycles. The average Bonchev–Trinajstić information content (AvgIpc) is 2.50. The molecule has 0 aliphatic heterocycles. The summed E-state index contributed by atoms with van der Waals surface area (Å²) in [6.45, 7) is 0.498. The molecule has 0 unspecified atom stereocenters. The Morgan fingerprint density at radius 2 is 2.00 bits per heavy atom. The predicted molar refractivity (Wildman–Crippen MR) is 85.5 cm³/mol. The molecule has 1 rings (SSSR count). The maximum absolute atomic E-state index is 12.4. The van der Waals surface area contributed by atoms with Crippen LogP contribution in [0.3, 0.4) is 0 Å². The zero-order chi connectivity index (χ0) is 18.3. The number of anilines is 1. The van der Waals surface area contributed by atoms with E-state index in [0.717, 1.165) is 12.1 Å². The molecule has 0 heterocycles. The second kappa shape index (κ2) is 8.57. The minimum atomic E-state index is -4.05. The van der Waals surface area contributed by atoms with Crippen LogP contribution in [0.5, 0.6) is 0 Å². The van der Waals surface area contributed by atoms with Crippen LogP contribution in [0.15, 0.2) is 17.0 Å². The molecule has 134 valence electrons. The normalized spacial score (nSPS) is 11.4. The highest BCUT2D eigenvalue weighted by molar-refractivity contribution is 7.91. The lowest BCUT2D eigenvalue weighted by atomic mass is 10.1. The highest BCUT2D eigenvalue weighted by Gasteiger charge is 2.25. The molecule has 0 fully saturated rings. The fraction of sp³-hybridized carbons (Fsp3) is 0.462. The van der Waals surface area contributed by atoms with Crippen molar-refractivity contribution in [2.24, 2.45) is 0 Å². The van der Waals surface area contributed by atoms with Crippen molar-refractivity contribution in [2.75, 3.05) is 31.2 Å². The zero-order valence-corrected chi connectivity index (χ0v) is 13.6. The van der Waals surface area contributed by atoms with E-state index in [1.54, 1.807) is 0 Å². The standard InChI is InChI=1S/C13H19N3O7S/c14-11-7-9(16(20)21)8-12(10(11)1-3-15-4-5-17)24(22,23)6-2-13(18)19/h7-8,15,17H,1-6,14H2,(H,18,19). The molecule has 0 bridgehead atoms. The molecule has 1 aromatic carbocycles. The Morgan fingerprint density at radius 3 is 2.54 bits per heavy atom. The molecule has 0 aliphatic rings. The maximum Gasteiger partial charge on any atom is 0.304 e. The van der Waals surface area contributed by atoms with E-state index in [4.69, 9.17) is 15.9 Å². The quantitative estimate of drug-likeness (QED) is 0.186. The van der Waals surface area contributed by atoms with Crippen molar-refractivity contribution in [3.63, 3.8) is 0 Å². The van der Waals surface area contributed by atoms with Gasteiger partial charge in [-0.05, 0) is 18.5 Å². The monoisotopic (exact) mass is 361 g/mol. The number of benzene rings is 1. The van der Waals surface area contributed by atoms with Gasteiger partial charge in [0.05, 0.1) is 28.6 Å². The number of hydrogen-bond acceptors (Lipinski definition) is 8. The van der Waals surface area contributed by atoms with Crippen LogP contribution in [0.4, 0.5) is 11.4 Å². The first kappa shape index (κ1) is 19.8. The summed E-state index contributed by atoms with van der Waals surface area (Å²) in [5.74, 6) is -1.97. The summed E-state index contributed by atoms with van der Waals surface area (Å²) >= 11 is 0. The van der Waals surface area contributed by atoms with E-state index in [1.165, 1.54) is 0 Å². The van der Waals surface area contributed by atoms with Crippen LogP contribution in [0.25, 0.3) is 0 Å². The Kier molecular flexibility index (Phi) is 7.07. The number of nitrogen functional groups attached to an aromatic ring is 1. The fourth-order valence-electron chi connectivity index (χ4n) is 2.05. The summed E-state index contributed by atoms with van der Waals surface area (Å²) < 4.78 is 24.7. The third kappa shape index (κ3) is 5.44. The number of nitro benzene ring substituents is 1. The maximum atomic E-state index is 12.4. The summed E-state index contributed by atoms with van der Waals surface area (Å²) in [7, 11) is -4.05. The number of carboxylic acids is 1. The molecular formula is C13H19N3O7S. The molecule has 10 nitrogen and oxygen atoms in total. The van der Waals surface area contributed by atoms with Crippen molar-refractivity contribution in [3.05, 3.63) is 27.8 Å². The number of nitrogens with two attached hydrogens (primary N) is 1. The van der Waals surface area contributed by atoms with E-state index >= 15 is 0 Å². The third-order valence-electron chi connectivity index (χ3n) is 3.20. The Balaban J connectivity index is 3.25. The van der Waals surface area contributed by atoms with E-state index in [-0.39, 0.29) is 29.2 Å². The van der Waals surface area contributed by atoms with Crippen molar-refractivity contribution in [3.8, 4) is 0 Å². The summed E-state index contributed by atoms with van der Waals surface area (Å²) in [6, 6.07) is 1.96. The number of nitrogens with zero attached hydrogens (tertiary/aromatic N) is 1. The number of carbonyl (C=O) groups is 1. The van der Waals surface area contributed by atoms with Gasteiger partial charge in [0.25, 0.3) is 5.69 Å². The highest BCUT2D eigenvalue weighted by atomic mass is 32.2. The number of aliphatic hydroxyl groups is 1. The zero-order valence-electron chi connectivity index (χ0n) is 12.8. The lowest BCUT2D eigenvalue weighted by Crippen LogP contribution is -2.22. The van der Waals surface area contributed by atoms with E-state index in [0.29, 0.717) is 13.1 Å². The Labute approximate surface area is 138 Å². The number of aliphatic hydroxyl groups excluding tert-OH is 1. The molecule has 0 saturated carbocycles. The van der Waals surface area contributed by atoms with Gasteiger partial charge in [0.15, 0.2) is 9.84 Å². The van der Waals surface area contributed by atoms with E-state index in [1.807, 2.05) is 0 Å². The van der Waals surface area contributed by atoms with Gasteiger partial charge in [-0.1, -0.05) is 0 Å². The number of nitrogens with one attached hydrogen (secondary N) is 1. The number of rotatable bonds is 10. The first-order valence-corrected chi connectivity index (χ1v) is 8.67. The minimum Gasteiger partial charge on any atom is -0.481 e. The summed E-state index contributed by atoms with van der Waals surface area (Å²) in [6.07, 6.45) is -0.460. The van der Waals surface area contributed by atoms with Crippen LogP contribution in [0.2, 0.25) is 0 Å². The molecule has 0 spiro atoms.